The van der Waals surface area contributed by atoms with Gasteiger partial charge in [0.15, 0.2) is 0 Å². The number of rotatable bonds is 4. The highest BCUT2D eigenvalue weighted by molar-refractivity contribution is 7.89. The molecule has 2 atom stereocenters. The van der Waals surface area contributed by atoms with Gasteiger partial charge in [-0.1, -0.05) is 0 Å². The molecular formula is C14H18N2O4S. The third-order valence-corrected chi connectivity index (χ3v) is 5.51. The van der Waals surface area contributed by atoms with Gasteiger partial charge in [-0.25, -0.2) is 13.1 Å². The number of aliphatic hydroxyl groups is 1. The Hall–Kier alpha value is -1.44. The summed E-state index contributed by atoms with van der Waals surface area (Å²) in [4.78, 5) is 11.5. The van der Waals surface area contributed by atoms with Crippen LogP contribution in [0.3, 0.4) is 0 Å². The Morgan fingerprint density at radius 3 is 2.86 bits per heavy atom. The summed E-state index contributed by atoms with van der Waals surface area (Å²) in [5.41, 5.74) is 1.39. The van der Waals surface area contributed by atoms with E-state index in [4.69, 9.17) is 0 Å². The molecule has 1 aromatic rings. The number of hydrogen-bond acceptors (Lipinski definition) is 4. The monoisotopic (exact) mass is 310 g/mol. The molecule has 21 heavy (non-hydrogen) atoms. The molecule has 3 rings (SSSR count). The van der Waals surface area contributed by atoms with Gasteiger partial charge in [0.25, 0.3) is 0 Å². The number of carbonyl (C=O) groups excluding carboxylic acids is 1. The van der Waals surface area contributed by atoms with Crippen molar-refractivity contribution < 1.29 is 18.3 Å². The lowest BCUT2D eigenvalue weighted by molar-refractivity contribution is -0.115. The van der Waals surface area contributed by atoms with Crippen molar-refractivity contribution in [3.63, 3.8) is 0 Å². The molecule has 0 aromatic heterocycles. The van der Waals surface area contributed by atoms with E-state index in [-0.39, 0.29) is 29.2 Å². The van der Waals surface area contributed by atoms with Crippen molar-refractivity contribution in [1.82, 2.24) is 4.72 Å². The fraction of sp³-hybridized carbons (Fsp3) is 0.500. The number of nitrogens with one attached hydrogen (secondary N) is 2. The van der Waals surface area contributed by atoms with Gasteiger partial charge in [0, 0.05) is 12.2 Å². The number of benzene rings is 1. The molecule has 0 bridgehead atoms. The van der Waals surface area contributed by atoms with Crippen LogP contribution in [-0.4, -0.2) is 32.1 Å². The summed E-state index contributed by atoms with van der Waals surface area (Å²) in [6, 6.07) is 4.66. The number of sulfonamides is 1. The number of amides is 1. The van der Waals surface area contributed by atoms with Gasteiger partial charge in [0.2, 0.25) is 15.9 Å². The lowest BCUT2D eigenvalue weighted by atomic mass is 10.1. The van der Waals surface area contributed by atoms with E-state index < -0.39 is 10.0 Å². The maximum Gasteiger partial charge on any atom is 0.240 e. The first kappa shape index (κ1) is 14.5. The van der Waals surface area contributed by atoms with Crippen molar-refractivity contribution in [1.29, 1.82) is 0 Å². The second-order valence-corrected chi connectivity index (χ2v) is 7.50. The van der Waals surface area contributed by atoms with Gasteiger partial charge in [-0.15, -0.1) is 0 Å². The predicted molar refractivity (Wildman–Crippen MR) is 77.3 cm³/mol. The average molecular weight is 310 g/mol. The van der Waals surface area contributed by atoms with Gasteiger partial charge in [0.1, 0.15) is 0 Å². The van der Waals surface area contributed by atoms with Gasteiger partial charge in [-0.05, 0) is 48.9 Å². The summed E-state index contributed by atoms with van der Waals surface area (Å²) in [6.45, 7) is 0.341. The molecule has 0 radical (unpaired) electrons. The highest BCUT2D eigenvalue weighted by Crippen LogP contribution is 2.27. The number of anilines is 1. The van der Waals surface area contributed by atoms with Crippen molar-refractivity contribution in [3.05, 3.63) is 23.8 Å². The van der Waals surface area contributed by atoms with Gasteiger partial charge >= 0.3 is 0 Å². The van der Waals surface area contributed by atoms with Crippen molar-refractivity contribution in [2.75, 3.05) is 11.9 Å². The van der Waals surface area contributed by atoms with Crippen LogP contribution in [0, 0.1) is 5.92 Å². The standard InChI is InChI=1S/C14H18N2O4S/c17-11-2-1-9(5-11)8-15-21(19,20)12-3-4-13-10(6-12)7-14(18)16-13/h3-4,6,9,11,15,17H,1-2,5,7-8H2,(H,16,18). The number of hydrogen-bond donors (Lipinski definition) is 3. The van der Waals surface area contributed by atoms with Gasteiger partial charge in [-0.3, -0.25) is 4.79 Å². The van der Waals surface area contributed by atoms with Crippen LogP contribution in [0.25, 0.3) is 0 Å². The highest BCUT2D eigenvalue weighted by Gasteiger charge is 2.26. The van der Waals surface area contributed by atoms with Crippen molar-refractivity contribution in [2.24, 2.45) is 5.92 Å². The van der Waals surface area contributed by atoms with Crippen LogP contribution >= 0.6 is 0 Å². The van der Waals surface area contributed by atoms with E-state index in [1.54, 1.807) is 12.1 Å². The van der Waals surface area contributed by atoms with Crippen molar-refractivity contribution in [2.45, 2.75) is 36.7 Å². The van der Waals surface area contributed by atoms with Crippen molar-refractivity contribution in [3.8, 4) is 0 Å². The Morgan fingerprint density at radius 2 is 2.14 bits per heavy atom. The molecule has 1 aromatic carbocycles. The fourth-order valence-electron chi connectivity index (χ4n) is 2.92. The summed E-state index contributed by atoms with van der Waals surface area (Å²) in [5, 5.41) is 12.1. The predicted octanol–water partition coefficient (Wildman–Crippen LogP) is 0.620. The van der Waals surface area contributed by atoms with Crippen LogP contribution in [0.15, 0.2) is 23.1 Å². The molecule has 1 aliphatic heterocycles. The van der Waals surface area contributed by atoms with Crippen LogP contribution in [0.2, 0.25) is 0 Å². The molecular weight excluding hydrogens is 292 g/mol. The Bertz CT molecular complexity index is 672. The first-order valence-electron chi connectivity index (χ1n) is 7.04. The van der Waals surface area contributed by atoms with E-state index >= 15 is 0 Å². The highest BCUT2D eigenvalue weighted by atomic mass is 32.2. The molecule has 1 fully saturated rings. The van der Waals surface area contributed by atoms with E-state index in [9.17, 15) is 18.3 Å². The van der Waals surface area contributed by atoms with Crippen LogP contribution in [0.4, 0.5) is 5.69 Å². The molecule has 6 nitrogen and oxygen atoms in total. The maximum absolute atomic E-state index is 12.3. The summed E-state index contributed by atoms with van der Waals surface area (Å²) in [5.74, 6) is 0.0693. The number of fused-ring (bicyclic) bond motifs is 1. The molecule has 114 valence electrons. The van der Waals surface area contributed by atoms with Crippen LogP contribution in [0.1, 0.15) is 24.8 Å². The van der Waals surface area contributed by atoms with Gasteiger partial charge in [-0.2, -0.15) is 0 Å². The normalized spacial score (nSPS) is 24.9. The minimum absolute atomic E-state index is 0.118. The van der Waals surface area contributed by atoms with E-state index in [0.29, 0.717) is 24.2 Å². The lowest BCUT2D eigenvalue weighted by Crippen LogP contribution is -2.28. The molecule has 2 aliphatic rings. The Morgan fingerprint density at radius 1 is 1.33 bits per heavy atom. The SMILES string of the molecule is O=C1Cc2cc(S(=O)(=O)NCC3CCC(O)C3)ccc2N1. The largest absolute Gasteiger partial charge is 0.393 e. The number of carbonyl (C=O) groups is 1. The minimum atomic E-state index is -3.57. The Kier molecular flexibility index (Phi) is 3.73. The second-order valence-electron chi connectivity index (χ2n) is 5.73. The lowest BCUT2D eigenvalue weighted by Gasteiger charge is -2.12. The third kappa shape index (κ3) is 3.09. The molecule has 7 heteroatoms. The smallest absolute Gasteiger partial charge is 0.240 e. The van der Waals surface area contributed by atoms with Crippen LogP contribution < -0.4 is 10.0 Å². The maximum atomic E-state index is 12.3. The number of aliphatic hydroxyl groups excluding tert-OH is 1. The van der Waals surface area contributed by atoms with E-state index in [2.05, 4.69) is 10.0 Å². The minimum Gasteiger partial charge on any atom is -0.393 e. The molecule has 1 heterocycles. The quantitative estimate of drug-likeness (QED) is 0.760. The molecule has 0 spiro atoms. The molecule has 3 N–H and O–H groups in total. The van der Waals surface area contributed by atoms with E-state index in [0.717, 1.165) is 12.8 Å². The Balaban J connectivity index is 1.70. The zero-order chi connectivity index (χ0) is 15.0. The van der Waals surface area contributed by atoms with Crippen molar-refractivity contribution >= 4 is 21.6 Å². The topological polar surface area (TPSA) is 95.5 Å². The summed E-state index contributed by atoms with van der Waals surface area (Å²) >= 11 is 0. The summed E-state index contributed by atoms with van der Waals surface area (Å²) in [7, 11) is -3.57. The first-order chi connectivity index (χ1) is 9.94. The third-order valence-electron chi connectivity index (χ3n) is 4.09. The molecule has 1 aliphatic carbocycles. The zero-order valence-electron chi connectivity index (χ0n) is 11.5. The summed E-state index contributed by atoms with van der Waals surface area (Å²) in [6.07, 6.45) is 2.13. The molecule has 1 saturated carbocycles. The summed E-state index contributed by atoms with van der Waals surface area (Å²) < 4.78 is 27.1. The van der Waals surface area contributed by atoms with E-state index in [1.807, 2.05) is 0 Å². The molecule has 1 amide bonds. The average Bonchev–Trinajstić information content (AvgIpc) is 3.00. The van der Waals surface area contributed by atoms with Gasteiger partial charge < -0.3 is 10.4 Å². The van der Waals surface area contributed by atoms with Crippen LogP contribution in [-0.2, 0) is 21.2 Å². The van der Waals surface area contributed by atoms with Gasteiger partial charge in [0.05, 0.1) is 17.4 Å². The van der Waals surface area contributed by atoms with Crippen LogP contribution in [0.5, 0.6) is 0 Å². The fourth-order valence-corrected chi connectivity index (χ4v) is 4.08. The molecule has 0 saturated heterocycles. The molecule has 2 unspecified atom stereocenters. The Labute approximate surface area is 123 Å². The van der Waals surface area contributed by atoms with E-state index in [1.165, 1.54) is 6.07 Å². The first-order valence-corrected chi connectivity index (χ1v) is 8.53. The zero-order valence-corrected chi connectivity index (χ0v) is 12.3. The second kappa shape index (κ2) is 5.40.